The maximum atomic E-state index is 8.85. The van der Waals surface area contributed by atoms with E-state index in [9.17, 15) is 0 Å². The number of hydrogen-bond acceptors (Lipinski definition) is 4. The van der Waals surface area contributed by atoms with Gasteiger partial charge in [-0.2, -0.15) is 0 Å². The van der Waals surface area contributed by atoms with Crippen molar-refractivity contribution in [2.75, 3.05) is 11.4 Å². The van der Waals surface area contributed by atoms with E-state index in [1.54, 1.807) is 6.20 Å². The van der Waals surface area contributed by atoms with Crippen LogP contribution < -0.4 is 10.6 Å². The summed E-state index contributed by atoms with van der Waals surface area (Å²) in [4.78, 5) is 6.71. The number of nitrogens with two attached hydrogens (primary N) is 1. The number of amidine groups is 1. The van der Waals surface area contributed by atoms with Crippen molar-refractivity contribution in [1.29, 1.82) is 0 Å². The predicted octanol–water partition coefficient (Wildman–Crippen LogP) is 1.94. The highest BCUT2D eigenvalue weighted by Crippen LogP contribution is 2.27. The molecule has 3 N–H and O–H groups in total. The summed E-state index contributed by atoms with van der Waals surface area (Å²) < 4.78 is 0. The van der Waals surface area contributed by atoms with Crippen LogP contribution in [0.25, 0.3) is 0 Å². The maximum Gasteiger partial charge on any atom is 0.173 e. The van der Waals surface area contributed by atoms with E-state index in [-0.39, 0.29) is 5.84 Å². The van der Waals surface area contributed by atoms with Gasteiger partial charge >= 0.3 is 0 Å². The first kappa shape index (κ1) is 12.7. The van der Waals surface area contributed by atoms with E-state index in [4.69, 9.17) is 10.9 Å². The second kappa shape index (κ2) is 5.71. The van der Waals surface area contributed by atoms with E-state index in [2.05, 4.69) is 22.0 Å². The number of piperidine rings is 1. The Hall–Kier alpha value is -1.78. The van der Waals surface area contributed by atoms with Crippen molar-refractivity contribution in [3.63, 3.8) is 0 Å². The fourth-order valence-electron chi connectivity index (χ4n) is 2.58. The number of nitrogens with zero attached hydrogens (tertiary/aromatic N) is 3. The van der Waals surface area contributed by atoms with Crippen LogP contribution in [0.15, 0.2) is 23.5 Å². The third-order valence-electron chi connectivity index (χ3n) is 3.54. The van der Waals surface area contributed by atoms with Gasteiger partial charge in [-0.05, 0) is 37.8 Å². The minimum Gasteiger partial charge on any atom is -0.409 e. The molecule has 1 fully saturated rings. The molecule has 1 saturated heterocycles. The molecule has 0 saturated carbocycles. The van der Waals surface area contributed by atoms with E-state index in [0.29, 0.717) is 11.6 Å². The van der Waals surface area contributed by atoms with Gasteiger partial charge in [-0.3, -0.25) is 0 Å². The van der Waals surface area contributed by atoms with Crippen LogP contribution in [0.1, 0.15) is 38.2 Å². The predicted molar refractivity (Wildman–Crippen MR) is 72.0 cm³/mol. The van der Waals surface area contributed by atoms with Crippen molar-refractivity contribution < 1.29 is 5.21 Å². The van der Waals surface area contributed by atoms with Crippen molar-refractivity contribution in [1.82, 2.24) is 4.98 Å². The Labute approximate surface area is 107 Å². The molecule has 1 atom stereocenters. The largest absolute Gasteiger partial charge is 0.409 e. The van der Waals surface area contributed by atoms with Crippen LogP contribution in [0.3, 0.4) is 0 Å². The molecule has 2 heterocycles. The molecular weight excluding hydrogens is 228 g/mol. The molecule has 0 bridgehead atoms. The van der Waals surface area contributed by atoms with Crippen LogP contribution in [-0.4, -0.2) is 28.6 Å². The average Bonchev–Trinajstić information content (AvgIpc) is 2.46. The summed E-state index contributed by atoms with van der Waals surface area (Å²) in [5, 5.41) is 11.9. The summed E-state index contributed by atoms with van der Waals surface area (Å²) in [6.45, 7) is 3.18. The Morgan fingerprint density at radius 3 is 3.17 bits per heavy atom. The van der Waals surface area contributed by atoms with Gasteiger partial charge in [-0.25, -0.2) is 4.98 Å². The number of oxime groups is 1. The highest BCUT2D eigenvalue weighted by atomic mass is 16.4. The number of anilines is 1. The van der Waals surface area contributed by atoms with Gasteiger partial charge in [0, 0.05) is 18.8 Å². The summed E-state index contributed by atoms with van der Waals surface area (Å²) >= 11 is 0. The lowest BCUT2D eigenvalue weighted by Crippen LogP contribution is -2.40. The molecule has 1 aliphatic rings. The van der Waals surface area contributed by atoms with Crippen LogP contribution in [0, 0.1) is 0 Å². The van der Waals surface area contributed by atoms with Gasteiger partial charge in [0.1, 0.15) is 5.82 Å². The molecule has 0 amide bonds. The standard InChI is InChI=1S/C13H20N4O/c1-2-10-6-3-4-9-17(10)13-11(12(14)16-18)7-5-8-15-13/h5,7-8,10,18H,2-4,6,9H2,1H3,(H2,14,16). The Balaban J connectivity index is 2.37. The summed E-state index contributed by atoms with van der Waals surface area (Å²) in [5.74, 6) is 0.956. The van der Waals surface area contributed by atoms with E-state index < -0.39 is 0 Å². The maximum absolute atomic E-state index is 8.85. The van der Waals surface area contributed by atoms with E-state index >= 15 is 0 Å². The minimum absolute atomic E-state index is 0.124. The van der Waals surface area contributed by atoms with Crippen LogP contribution in [-0.2, 0) is 0 Å². The quantitative estimate of drug-likeness (QED) is 0.371. The molecule has 0 spiro atoms. The van der Waals surface area contributed by atoms with Crippen LogP contribution in [0.4, 0.5) is 5.82 Å². The fraction of sp³-hybridized carbons (Fsp3) is 0.538. The highest BCUT2D eigenvalue weighted by molar-refractivity contribution is 6.01. The molecule has 5 nitrogen and oxygen atoms in total. The fourth-order valence-corrected chi connectivity index (χ4v) is 2.58. The minimum atomic E-state index is 0.124. The Morgan fingerprint density at radius 1 is 1.61 bits per heavy atom. The van der Waals surface area contributed by atoms with E-state index in [0.717, 1.165) is 18.8 Å². The third kappa shape index (κ3) is 2.39. The average molecular weight is 248 g/mol. The highest BCUT2D eigenvalue weighted by Gasteiger charge is 2.24. The van der Waals surface area contributed by atoms with Crippen molar-refractivity contribution in [3.05, 3.63) is 23.9 Å². The first-order chi connectivity index (χ1) is 8.77. The van der Waals surface area contributed by atoms with E-state index in [1.165, 1.54) is 19.3 Å². The second-order valence-electron chi connectivity index (χ2n) is 4.61. The van der Waals surface area contributed by atoms with Gasteiger partial charge < -0.3 is 15.8 Å². The van der Waals surface area contributed by atoms with Gasteiger partial charge in [0.15, 0.2) is 5.84 Å². The molecule has 5 heteroatoms. The molecular formula is C13H20N4O. The summed E-state index contributed by atoms with van der Waals surface area (Å²) in [6.07, 6.45) is 6.46. The topological polar surface area (TPSA) is 74.7 Å². The second-order valence-corrected chi connectivity index (χ2v) is 4.61. The Bertz CT molecular complexity index is 433. The lowest BCUT2D eigenvalue weighted by Gasteiger charge is -2.37. The molecule has 0 aromatic carbocycles. The Kier molecular flexibility index (Phi) is 4.02. The lowest BCUT2D eigenvalue weighted by molar-refractivity contribution is 0.318. The van der Waals surface area contributed by atoms with Gasteiger partial charge in [-0.15, -0.1) is 0 Å². The van der Waals surface area contributed by atoms with Gasteiger partial charge in [0.2, 0.25) is 0 Å². The monoisotopic (exact) mass is 248 g/mol. The first-order valence-electron chi connectivity index (χ1n) is 6.47. The smallest absolute Gasteiger partial charge is 0.173 e. The van der Waals surface area contributed by atoms with Crippen molar-refractivity contribution in [2.24, 2.45) is 10.9 Å². The zero-order valence-corrected chi connectivity index (χ0v) is 10.7. The van der Waals surface area contributed by atoms with Gasteiger partial charge in [0.05, 0.1) is 5.56 Å². The molecule has 1 aromatic rings. The molecule has 1 aliphatic heterocycles. The van der Waals surface area contributed by atoms with Gasteiger partial charge in [-0.1, -0.05) is 12.1 Å². The summed E-state index contributed by atoms with van der Waals surface area (Å²) in [5.41, 5.74) is 6.43. The van der Waals surface area contributed by atoms with E-state index in [1.807, 2.05) is 12.1 Å². The Morgan fingerprint density at radius 2 is 2.44 bits per heavy atom. The molecule has 0 aliphatic carbocycles. The molecule has 18 heavy (non-hydrogen) atoms. The van der Waals surface area contributed by atoms with Crippen LogP contribution >= 0.6 is 0 Å². The SMILES string of the molecule is CCC1CCCCN1c1ncccc1/C(N)=N/O. The number of pyridine rings is 1. The number of aromatic nitrogens is 1. The molecule has 0 radical (unpaired) electrons. The van der Waals surface area contributed by atoms with Gasteiger partial charge in [0.25, 0.3) is 0 Å². The van der Waals surface area contributed by atoms with Crippen molar-refractivity contribution in [2.45, 2.75) is 38.6 Å². The zero-order valence-electron chi connectivity index (χ0n) is 10.7. The lowest BCUT2D eigenvalue weighted by atomic mass is 9.99. The zero-order chi connectivity index (χ0) is 13.0. The molecule has 1 unspecified atom stereocenters. The molecule has 2 rings (SSSR count). The first-order valence-corrected chi connectivity index (χ1v) is 6.47. The number of rotatable bonds is 3. The van der Waals surface area contributed by atoms with Crippen LogP contribution in [0.2, 0.25) is 0 Å². The van der Waals surface area contributed by atoms with Crippen molar-refractivity contribution in [3.8, 4) is 0 Å². The van der Waals surface area contributed by atoms with Crippen molar-refractivity contribution >= 4 is 11.7 Å². The van der Waals surface area contributed by atoms with Crippen LogP contribution in [0.5, 0.6) is 0 Å². The summed E-state index contributed by atoms with van der Waals surface area (Å²) in [7, 11) is 0. The molecule has 1 aromatic heterocycles. The normalized spacial score (nSPS) is 21.1. The number of hydrogen-bond donors (Lipinski definition) is 2. The third-order valence-corrected chi connectivity index (χ3v) is 3.54. The molecule has 98 valence electrons. The summed E-state index contributed by atoms with van der Waals surface area (Å²) in [6, 6.07) is 4.15.